The van der Waals surface area contributed by atoms with Crippen LogP contribution >= 0.6 is 34.9 Å². The summed E-state index contributed by atoms with van der Waals surface area (Å²) in [6, 6.07) is 0.453. The number of hydrogen-bond donors (Lipinski definition) is 6. The van der Waals surface area contributed by atoms with Crippen molar-refractivity contribution >= 4 is 81.1 Å². The highest BCUT2D eigenvalue weighted by molar-refractivity contribution is 8.01. The van der Waals surface area contributed by atoms with E-state index in [-0.39, 0.29) is 39.6 Å². The van der Waals surface area contributed by atoms with Crippen LogP contribution < -0.4 is 27.1 Å². The smallest absolute Gasteiger partial charge is 0.352 e. The molecule has 0 aliphatic carbocycles. The molecule has 218 valence electrons. The number of β-lactam (4-membered cyclic amide) rings is 1. The second-order valence-electron chi connectivity index (χ2n) is 8.64. The van der Waals surface area contributed by atoms with Gasteiger partial charge in [0.05, 0.1) is 12.6 Å². The van der Waals surface area contributed by atoms with Gasteiger partial charge >= 0.3 is 17.1 Å². The van der Waals surface area contributed by atoms with Gasteiger partial charge in [0.25, 0.3) is 11.8 Å². The second-order valence-corrected chi connectivity index (χ2v) is 11.6. The summed E-state index contributed by atoms with van der Waals surface area (Å²) in [5, 5.41) is 26.6. The van der Waals surface area contributed by atoms with Crippen LogP contribution in [0.15, 0.2) is 33.0 Å². The zero-order valence-corrected chi connectivity index (χ0v) is 24.1. The van der Waals surface area contributed by atoms with Crippen LogP contribution in [0.2, 0.25) is 0 Å². The van der Waals surface area contributed by atoms with Crippen molar-refractivity contribution in [1.82, 2.24) is 20.2 Å². The van der Waals surface area contributed by atoms with Crippen LogP contribution in [0.4, 0.5) is 16.8 Å². The number of amides is 2. The van der Waals surface area contributed by atoms with E-state index < -0.39 is 41.3 Å². The summed E-state index contributed by atoms with van der Waals surface area (Å²) in [7, 11) is 0. The molecule has 0 bridgehead atoms. The molecule has 41 heavy (non-hydrogen) atoms. The quantitative estimate of drug-likeness (QED) is 0.0452. The van der Waals surface area contributed by atoms with E-state index >= 15 is 0 Å². The van der Waals surface area contributed by atoms with E-state index in [1.807, 2.05) is 6.92 Å². The fraction of sp³-hybridized carbons (Fsp3) is 0.364. The van der Waals surface area contributed by atoms with Crippen LogP contribution in [0.25, 0.3) is 0 Å². The van der Waals surface area contributed by atoms with Crippen molar-refractivity contribution in [3.8, 4) is 0 Å². The fourth-order valence-corrected chi connectivity index (χ4v) is 7.03. The minimum Gasteiger partial charge on any atom is -0.478 e. The Morgan fingerprint density at radius 1 is 1.32 bits per heavy atom. The fourth-order valence-electron chi connectivity index (χ4n) is 3.90. The molecule has 0 aromatic carbocycles. The molecule has 0 spiro atoms. The van der Waals surface area contributed by atoms with Gasteiger partial charge in [-0.25, -0.2) is 19.1 Å². The first-order valence-electron chi connectivity index (χ1n) is 11.9. The standard InChI is InChI=1S/C22H25N9O7S3/c1-3-30-12(24)4-11(23)27-22(30)41-6-9-5-39-18-14(17(33)31(18)15(9)20(36)37)28-16(32)13(10-7-40-21(25)26-10)29-38-8(2)19(34)35/h4,7-8,14,18H,3,5-6H2,1-2H3,(H8,23,24,25,26,28,32,34,35,36,37)/p+1/b29-13-/t8-,14?,18?/m1/s1. The molecule has 0 saturated carbocycles. The van der Waals surface area contributed by atoms with Crippen molar-refractivity contribution in [2.45, 2.75) is 43.1 Å². The summed E-state index contributed by atoms with van der Waals surface area (Å²) in [6.45, 7) is 3.62. The third kappa shape index (κ3) is 6.15. The summed E-state index contributed by atoms with van der Waals surface area (Å²) in [6.07, 6.45) is -1.37. The van der Waals surface area contributed by atoms with Gasteiger partial charge in [-0.15, -0.1) is 23.1 Å². The summed E-state index contributed by atoms with van der Waals surface area (Å²) >= 11 is 3.54. The monoisotopic (exact) mass is 624 g/mol. The van der Waals surface area contributed by atoms with Gasteiger partial charge in [-0.05, 0) is 31.2 Å². The lowest BCUT2D eigenvalue weighted by molar-refractivity contribution is -0.719. The lowest BCUT2D eigenvalue weighted by Gasteiger charge is -2.49. The summed E-state index contributed by atoms with van der Waals surface area (Å²) in [5.41, 5.74) is 17.5. The van der Waals surface area contributed by atoms with E-state index in [4.69, 9.17) is 27.1 Å². The summed E-state index contributed by atoms with van der Waals surface area (Å²) in [4.78, 5) is 64.0. The highest BCUT2D eigenvalue weighted by atomic mass is 32.2. The number of anilines is 3. The molecule has 9 N–H and O–H groups in total. The number of carbonyl (C=O) groups is 4. The maximum Gasteiger partial charge on any atom is 0.352 e. The van der Waals surface area contributed by atoms with E-state index in [0.29, 0.717) is 23.1 Å². The molecule has 4 rings (SSSR count). The van der Waals surface area contributed by atoms with E-state index in [1.165, 1.54) is 41.9 Å². The number of oxime groups is 1. The molecular formula is C22H26N9O7S3+. The number of nitrogen functional groups attached to an aromatic ring is 3. The number of aromatic nitrogens is 3. The third-order valence-corrected chi connectivity index (χ3v) is 9.00. The lowest BCUT2D eigenvalue weighted by atomic mass is 10.0. The van der Waals surface area contributed by atoms with Crippen molar-refractivity contribution in [2.75, 3.05) is 28.7 Å². The number of nitrogens with zero attached hydrogens (tertiary/aromatic N) is 5. The Labute approximate surface area is 245 Å². The number of rotatable bonds is 11. The number of carbonyl (C=O) groups excluding carboxylic acids is 2. The molecule has 19 heteroatoms. The number of fused-ring (bicyclic) bond motifs is 1. The average molecular weight is 625 g/mol. The summed E-state index contributed by atoms with van der Waals surface area (Å²) < 4.78 is 1.73. The topological polar surface area (TPSA) is 253 Å². The van der Waals surface area contributed by atoms with Crippen molar-refractivity contribution in [3.05, 3.63) is 28.4 Å². The Bertz CT molecular complexity index is 1480. The highest BCUT2D eigenvalue weighted by Gasteiger charge is 2.54. The van der Waals surface area contributed by atoms with Gasteiger partial charge in [-0.1, -0.05) is 10.1 Å². The van der Waals surface area contributed by atoms with Crippen molar-refractivity contribution < 1.29 is 38.8 Å². The minimum atomic E-state index is -1.37. The molecule has 3 atom stereocenters. The van der Waals surface area contributed by atoms with E-state index in [9.17, 15) is 24.3 Å². The highest BCUT2D eigenvalue weighted by Crippen LogP contribution is 2.41. The molecule has 4 heterocycles. The molecule has 1 saturated heterocycles. The van der Waals surface area contributed by atoms with Crippen LogP contribution in [0.1, 0.15) is 19.5 Å². The molecule has 2 aromatic rings. The predicted molar refractivity (Wildman–Crippen MR) is 151 cm³/mol. The normalized spacial score (nSPS) is 19.3. The number of thioether (sulfide) groups is 2. The molecule has 1 fully saturated rings. The van der Waals surface area contributed by atoms with Gasteiger partial charge in [0.1, 0.15) is 22.8 Å². The second kappa shape index (κ2) is 12.2. The number of nitrogens with one attached hydrogen (secondary N) is 1. The number of thiazole rings is 1. The average Bonchev–Trinajstić information content (AvgIpc) is 3.34. The van der Waals surface area contributed by atoms with Gasteiger partial charge in [0, 0.05) is 16.9 Å². The SMILES string of the molecule is CC[n+]1c(N)cc(N)nc1SCC1=C(C(=O)O)N2C(=O)C(NC(=O)/C(=N\O[C@H](C)C(=O)O)c3csc(N)n3)C2SC1. The Hall–Kier alpha value is -4.10. The van der Waals surface area contributed by atoms with Gasteiger partial charge in [0.2, 0.25) is 17.7 Å². The molecule has 0 radical (unpaired) electrons. The molecule has 16 nitrogen and oxygen atoms in total. The first-order valence-corrected chi connectivity index (χ1v) is 14.8. The number of carboxylic acid groups (broad SMARTS) is 2. The van der Waals surface area contributed by atoms with Gasteiger partial charge in [0.15, 0.2) is 10.8 Å². The molecule has 2 unspecified atom stereocenters. The molecule has 2 aliphatic rings. The summed E-state index contributed by atoms with van der Waals surface area (Å²) in [5.74, 6) is -3.00. The number of hydrogen-bond acceptors (Lipinski definition) is 14. The van der Waals surface area contributed by atoms with Gasteiger partial charge < -0.3 is 37.6 Å². The van der Waals surface area contributed by atoms with E-state index in [1.54, 1.807) is 4.57 Å². The van der Waals surface area contributed by atoms with Crippen LogP contribution in [0.5, 0.6) is 0 Å². The number of nitrogens with two attached hydrogens (primary N) is 3. The van der Waals surface area contributed by atoms with Crippen LogP contribution in [-0.2, 0) is 30.6 Å². The Morgan fingerprint density at radius 3 is 2.66 bits per heavy atom. The molecule has 2 aliphatic heterocycles. The maximum absolute atomic E-state index is 13.1. The third-order valence-electron chi connectivity index (χ3n) is 5.92. The molecule has 2 aromatic heterocycles. The lowest BCUT2D eigenvalue weighted by Crippen LogP contribution is -2.71. The van der Waals surface area contributed by atoms with Crippen molar-refractivity contribution in [3.63, 3.8) is 0 Å². The van der Waals surface area contributed by atoms with Gasteiger partial charge in [-0.2, -0.15) is 0 Å². The zero-order chi connectivity index (χ0) is 30.0. The zero-order valence-electron chi connectivity index (χ0n) is 21.6. The maximum atomic E-state index is 13.1. The minimum absolute atomic E-state index is 0.0214. The molecular weight excluding hydrogens is 598 g/mol. The Kier molecular flexibility index (Phi) is 8.88. The number of aliphatic carboxylic acids is 2. The molecule has 2 amide bonds. The van der Waals surface area contributed by atoms with Gasteiger partial charge in [-0.3, -0.25) is 14.5 Å². The van der Waals surface area contributed by atoms with E-state index in [0.717, 1.165) is 16.2 Å². The Morgan fingerprint density at radius 2 is 2.05 bits per heavy atom. The van der Waals surface area contributed by atoms with Crippen molar-refractivity contribution in [2.24, 2.45) is 5.16 Å². The van der Waals surface area contributed by atoms with Crippen LogP contribution in [0, 0.1) is 0 Å². The van der Waals surface area contributed by atoms with Crippen LogP contribution in [-0.4, -0.2) is 83.6 Å². The van der Waals surface area contributed by atoms with Crippen LogP contribution in [0.3, 0.4) is 0 Å². The first-order chi connectivity index (χ1) is 19.4. The number of carboxylic acids is 2. The largest absolute Gasteiger partial charge is 0.478 e. The van der Waals surface area contributed by atoms with E-state index in [2.05, 4.69) is 20.4 Å². The first kappa shape index (κ1) is 29.9. The predicted octanol–water partition coefficient (Wildman–Crippen LogP) is -0.683. The van der Waals surface area contributed by atoms with Crippen molar-refractivity contribution in [1.29, 1.82) is 0 Å². The Balaban J connectivity index is 1.52.